The zero-order chi connectivity index (χ0) is 14.7. The van der Waals surface area contributed by atoms with Crippen LogP contribution in [0.1, 0.15) is 11.3 Å². The normalized spacial score (nSPS) is 12.9. The molecular formula is C18H12N2O2. The van der Waals surface area contributed by atoms with Gasteiger partial charge in [0.25, 0.3) is 0 Å². The van der Waals surface area contributed by atoms with E-state index in [1.807, 2.05) is 36.5 Å². The molecule has 2 aromatic heterocycles. The molecule has 0 atom stereocenters. The van der Waals surface area contributed by atoms with Gasteiger partial charge >= 0.3 is 0 Å². The van der Waals surface area contributed by atoms with E-state index in [1.54, 1.807) is 12.1 Å². The highest BCUT2D eigenvalue weighted by Gasteiger charge is 2.22. The molecule has 1 aliphatic rings. The van der Waals surface area contributed by atoms with E-state index in [-0.39, 0.29) is 5.75 Å². The fraction of sp³-hybridized carbons (Fsp3) is 0.0556. The summed E-state index contributed by atoms with van der Waals surface area (Å²) in [6.07, 6.45) is 2.79. The molecule has 22 heavy (non-hydrogen) atoms. The average Bonchev–Trinajstić information content (AvgIpc) is 2.90. The van der Waals surface area contributed by atoms with Crippen LogP contribution in [0.4, 0.5) is 0 Å². The molecular weight excluding hydrogens is 276 g/mol. The number of pyridine rings is 1. The maximum absolute atomic E-state index is 9.63. The second kappa shape index (κ2) is 4.01. The van der Waals surface area contributed by atoms with Crippen molar-refractivity contribution in [1.29, 1.82) is 0 Å². The Morgan fingerprint density at radius 3 is 2.95 bits per heavy atom. The molecule has 4 heteroatoms. The number of phenols is 1. The monoisotopic (exact) mass is 288 g/mol. The fourth-order valence-electron chi connectivity index (χ4n) is 3.12. The Balaban J connectivity index is 1.81. The van der Waals surface area contributed by atoms with Crippen LogP contribution in [-0.4, -0.2) is 14.5 Å². The quantitative estimate of drug-likeness (QED) is 0.470. The predicted octanol–water partition coefficient (Wildman–Crippen LogP) is 3.89. The minimum absolute atomic E-state index is 0.261. The first-order valence-electron chi connectivity index (χ1n) is 7.18. The smallest absolute Gasteiger partial charge is 0.241 e. The van der Waals surface area contributed by atoms with E-state index in [2.05, 4.69) is 15.5 Å². The van der Waals surface area contributed by atoms with Gasteiger partial charge in [0, 0.05) is 23.6 Å². The van der Waals surface area contributed by atoms with Crippen LogP contribution in [0.5, 0.6) is 17.4 Å². The van der Waals surface area contributed by atoms with Crippen molar-refractivity contribution in [3.05, 3.63) is 66.0 Å². The summed E-state index contributed by atoms with van der Waals surface area (Å²) in [6.45, 7) is 0. The molecule has 0 amide bonds. The molecule has 0 bridgehead atoms. The first-order chi connectivity index (χ1) is 10.8. The maximum atomic E-state index is 9.63. The summed E-state index contributed by atoms with van der Waals surface area (Å²) in [5.74, 6) is 1.80. The van der Waals surface area contributed by atoms with Gasteiger partial charge in [0.1, 0.15) is 17.1 Å². The highest BCUT2D eigenvalue weighted by atomic mass is 16.5. The lowest BCUT2D eigenvalue weighted by Crippen LogP contribution is -2.04. The van der Waals surface area contributed by atoms with Crippen molar-refractivity contribution in [2.45, 2.75) is 6.42 Å². The topological polar surface area (TPSA) is 46.8 Å². The van der Waals surface area contributed by atoms with Gasteiger partial charge in [-0.2, -0.15) is 4.98 Å². The van der Waals surface area contributed by atoms with Crippen LogP contribution >= 0.6 is 0 Å². The number of imidazole rings is 1. The van der Waals surface area contributed by atoms with Gasteiger partial charge in [0.05, 0.1) is 5.69 Å². The molecule has 1 N–H and O–H groups in total. The van der Waals surface area contributed by atoms with Crippen LogP contribution in [0, 0.1) is 0 Å². The Labute approximate surface area is 126 Å². The minimum atomic E-state index is 0.261. The first-order valence-corrected chi connectivity index (χ1v) is 7.18. The minimum Gasteiger partial charge on any atom is -0.508 e. The molecule has 3 heterocycles. The molecule has 106 valence electrons. The summed E-state index contributed by atoms with van der Waals surface area (Å²) in [5, 5.41) is 11.6. The summed E-state index contributed by atoms with van der Waals surface area (Å²) in [4.78, 5) is 4.67. The van der Waals surface area contributed by atoms with Crippen molar-refractivity contribution in [3.8, 4) is 17.4 Å². The van der Waals surface area contributed by atoms with E-state index in [0.717, 1.165) is 34.3 Å². The van der Waals surface area contributed by atoms with Crippen molar-refractivity contribution in [2.24, 2.45) is 0 Å². The fourth-order valence-corrected chi connectivity index (χ4v) is 3.12. The number of fused-ring (bicyclic) bond motifs is 6. The van der Waals surface area contributed by atoms with Gasteiger partial charge in [-0.25, -0.2) is 0 Å². The largest absolute Gasteiger partial charge is 0.508 e. The second-order valence-electron chi connectivity index (χ2n) is 5.53. The van der Waals surface area contributed by atoms with E-state index >= 15 is 0 Å². The van der Waals surface area contributed by atoms with Crippen LogP contribution < -0.4 is 4.74 Å². The predicted molar refractivity (Wildman–Crippen MR) is 83.7 cm³/mol. The number of hydrogen-bond donors (Lipinski definition) is 1. The van der Waals surface area contributed by atoms with E-state index in [1.165, 1.54) is 5.56 Å². The van der Waals surface area contributed by atoms with Crippen LogP contribution in [0.3, 0.4) is 0 Å². The SMILES string of the molecule is Oc1ccc2c(ccn3c4c(nc23)Oc2ccccc2C4)c1. The molecule has 1 aliphatic heterocycles. The number of benzene rings is 2. The van der Waals surface area contributed by atoms with Crippen molar-refractivity contribution < 1.29 is 9.84 Å². The number of rotatable bonds is 0. The van der Waals surface area contributed by atoms with Crippen molar-refractivity contribution in [1.82, 2.24) is 9.38 Å². The zero-order valence-corrected chi connectivity index (χ0v) is 11.7. The third-order valence-electron chi connectivity index (χ3n) is 4.19. The third-order valence-corrected chi connectivity index (χ3v) is 4.19. The van der Waals surface area contributed by atoms with Gasteiger partial charge in [-0.1, -0.05) is 18.2 Å². The lowest BCUT2D eigenvalue weighted by atomic mass is 10.1. The van der Waals surface area contributed by atoms with Gasteiger partial charge in [0.2, 0.25) is 5.88 Å². The van der Waals surface area contributed by atoms with Gasteiger partial charge in [-0.15, -0.1) is 0 Å². The summed E-state index contributed by atoms with van der Waals surface area (Å²) in [7, 11) is 0. The number of phenolic OH excluding ortho intramolecular Hbond substituents is 1. The van der Waals surface area contributed by atoms with Crippen molar-refractivity contribution in [2.75, 3.05) is 0 Å². The van der Waals surface area contributed by atoms with Crippen molar-refractivity contribution >= 4 is 16.4 Å². The molecule has 0 spiro atoms. The molecule has 5 rings (SSSR count). The molecule has 0 radical (unpaired) electrons. The first kappa shape index (κ1) is 11.6. The number of aromatic nitrogens is 2. The molecule has 0 unspecified atom stereocenters. The number of ether oxygens (including phenoxy) is 1. The lowest BCUT2D eigenvalue weighted by molar-refractivity contribution is 0.443. The second-order valence-corrected chi connectivity index (χ2v) is 5.53. The molecule has 0 fully saturated rings. The Bertz CT molecular complexity index is 1050. The number of hydrogen-bond acceptors (Lipinski definition) is 3. The van der Waals surface area contributed by atoms with E-state index in [9.17, 15) is 5.11 Å². The summed E-state index contributed by atoms with van der Waals surface area (Å²) >= 11 is 0. The van der Waals surface area contributed by atoms with E-state index in [0.29, 0.717) is 5.88 Å². The van der Waals surface area contributed by atoms with Crippen LogP contribution in [-0.2, 0) is 6.42 Å². The number of aromatic hydroxyl groups is 1. The van der Waals surface area contributed by atoms with Gasteiger partial charge in [-0.3, -0.25) is 4.40 Å². The molecule has 4 nitrogen and oxygen atoms in total. The number of para-hydroxylation sites is 1. The standard InChI is InChI=1S/C18H12N2O2/c21-13-5-6-14-11(9-13)7-8-20-15-10-12-3-1-2-4-16(12)22-18(15)19-17(14)20/h1-9,21H,10H2. The van der Waals surface area contributed by atoms with Gasteiger partial charge < -0.3 is 9.84 Å². The molecule has 0 saturated heterocycles. The highest BCUT2D eigenvalue weighted by Crippen LogP contribution is 2.37. The summed E-state index contributed by atoms with van der Waals surface area (Å²) < 4.78 is 8.03. The summed E-state index contributed by atoms with van der Waals surface area (Å²) in [5.41, 5.74) is 3.08. The van der Waals surface area contributed by atoms with Crippen LogP contribution in [0.15, 0.2) is 54.7 Å². The van der Waals surface area contributed by atoms with Gasteiger partial charge in [0.15, 0.2) is 0 Å². The third kappa shape index (κ3) is 1.49. The van der Waals surface area contributed by atoms with Crippen LogP contribution in [0.2, 0.25) is 0 Å². The zero-order valence-electron chi connectivity index (χ0n) is 11.7. The highest BCUT2D eigenvalue weighted by molar-refractivity contribution is 5.95. The van der Waals surface area contributed by atoms with Gasteiger partial charge in [-0.05, 0) is 35.7 Å². The van der Waals surface area contributed by atoms with Crippen molar-refractivity contribution in [3.63, 3.8) is 0 Å². The Morgan fingerprint density at radius 2 is 2.00 bits per heavy atom. The Kier molecular flexibility index (Phi) is 2.12. The average molecular weight is 288 g/mol. The molecule has 0 saturated carbocycles. The number of nitrogens with zero attached hydrogens (tertiary/aromatic N) is 2. The lowest BCUT2D eigenvalue weighted by Gasteiger charge is -2.16. The Morgan fingerprint density at radius 1 is 1.09 bits per heavy atom. The molecule has 4 aromatic rings. The summed E-state index contributed by atoms with van der Waals surface area (Å²) in [6, 6.07) is 15.4. The molecule has 0 aliphatic carbocycles. The van der Waals surface area contributed by atoms with E-state index < -0.39 is 0 Å². The van der Waals surface area contributed by atoms with E-state index in [4.69, 9.17) is 4.74 Å². The molecule has 2 aromatic carbocycles. The Hall–Kier alpha value is -3.01. The maximum Gasteiger partial charge on any atom is 0.241 e. The van der Waals surface area contributed by atoms with Crippen LogP contribution in [0.25, 0.3) is 16.4 Å².